The molecule has 14 heteroatoms. The molecular weight excluding hydrogens is 587 g/mol. The Hall–Kier alpha value is -3.16. The molecule has 3 amide bonds. The number of ether oxygens (including phenoxy) is 2. The molecule has 0 saturated carbocycles. The van der Waals surface area contributed by atoms with Gasteiger partial charge in [0.05, 0.1) is 34.6 Å². The van der Waals surface area contributed by atoms with Gasteiger partial charge in [-0.1, -0.05) is 37.6 Å². The molecular formula is C27H33ClF3N3O6S. The monoisotopic (exact) mass is 619 g/mol. The summed E-state index contributed by atoms with van der Waals surface area (Å²) in [5, 5.41) is 7.17. The summed E-state index contributed by atoms with van der Waals surface area (Å²) in [6.45, 7) is 7.61. The van der Waals surface area contributed by atoms with Gasteiger partial charge >= 0.3 is 6.18 Å². The number of halogens is 4. The first kappa shape index (κ1) is 34.0. The summed E-state index contributed by atoms with van der Waals surface area (Å²) in [6, 6.07) is 4.09. The van der Waals surface area contributed by atoms with Crippen molar-refractivity contribution in [3.8, 4) is 5.75 Å². The Balaban J connectivity index is 2.41. The molecule has 1 heterocycles. The fraction of sp³-hybridized carbons (Fsp3) is 0.481. The van der Waals surface area contributed by atoms with E-state index in [2.05, 4.69) is 16.0 Å². The Bertz CT molecular complexity index is 1230. The van der Waals surface area contributed by atoms with Crippen molar-refractivity contribution in [1.82, 2.24) is 16.0 Å². The largest absolute Gasteiger partial charge is 0.497 e. The summed E-state index contributed by atoms with van der Waals surface area (Å²) >= 11 is 6.91. The predicted molar refractivity (Wildman–Crippen MR) is 148 cm³/mol. The molecule has 0 bridgehead atoms. The molecule has 0 aliphatic rings. The van der Waals surface area contributed by atoms with Crippen molar-refractivity contribution in [2.24, 2.45) is 5.92 Å². The fourth-order valence-electron chi connectivity index (χ4n) is 3.47. The minimum Gasteiger partial charge on any atom is -0.497 e. The van der Waals surface area contributed by atoms with Crippen molar-refractivity contribution in [3.63, 3.8) is 0 Å². The van der Waals surface area contributed by atoms with Crippen LogP contribution in [-0.2, 0) is 19.1 Å². The molecule has 2 rings (SSSR count). The maximum atomic E-state index is 13.5. The van der Waals surface area contributed by atoms with Crippen LogP contribution in [0.3, 0.4) is 0 Å². The molecule has 0 radical (unpaired) electrons. The number of thiophene rings is 1. The van der Waals surface area contributed by atoms with Crippen LogP contribution in [0.2, 0.25) is 4.34 Å². The number of hydrogen-bond acceptors (Lipinski definition) is 7. The van der Waals surface area contributed by atoms with Gasteiger partial charge in [-0.05, 0) is 56.5 Å². The van der Waals surface area contributed by atoms with Gasteiger partial charge in [-0.2, -0.15) is 13.2 Å². The van der Waals surface area contributed by atoms with Crippen LogP contribution < -0.4 is 20.7 Å². The van der Waals surface area contributed by atoms with E-state index in [1.54, 1.807) is 20.8 Å². The van der Waals surface area contributed by atoms with Gasteiger partial charge in [0, 0.05) is 0 Å². The van der Waals surface area contributed by atoms with E-state index in [1.807, 2.05) is 0 Å². The number of alkyl halides is 3. The second-order valence-electron chi connectivity index (χ2n) is 10.4. The summed E-state index contributed by atoms with van der Waals surface area (Å²) in [7, 11) is 1.42. The van der Waals surface area contributed by atoms with E-state index < -0.39 is 59.3 Å². The van der Waals surface area contributed by atoms with Crippen molar-refractivity contribution in [3.05, 3.63) is 51.2 Å². The average molecular weight is 620 g/mol. The minimum absolute atomic E-state index is 0.186. The predicted octanol–water partition coefficient (Wildman–Crippen LogP) is 4.45. The highest BCUT2D eigenvalue weighted by molar-refractivity contribution is 7.18. The van der Waals surface area contributed by atoms with Crippen LogP contribution in [0.4, 0.5) is 13.2 Å². The smallest absolute Gasteiger partial charge is 0.452 e. The zero-order valence-electron chi connectivity index (χ0n) is 23.4. The van der Waals surface area contributed by atoms with Crippen molar-refractivity contribution >= 4 is 46.4 Å². The molecule has 3 atom stereocenters. The van der Waals surface area contributed by atoms with Gasteiger partial charge < -0.3 is 25.4 Å². The Morgan fingerprint density at radius 3 is 2.00 bits per heavy atom. The van der Waals surface area contributed by atoms with Crippen molar-refractivity contribution in [2.45, 2.75) is 64.5 Å². The van der Waals surface area contributed by atoms with Gasteiger partial charge in [0.1, 0.15) is 17.8 Å². The summed E-state index contributed by atoms with van der Waals surface area (Å²) in [5.41, 5.74) is -0.518. The second kappa shape index (κ2) is 14.1. The Kier molecular flexibility index (Phi) is 11.7. The van der Waals surface area contributed by atoms with Crippen molar-refractivity contribution in [2.75, 3.05) is 13.7 Å². The molecule has 0 unspecified atom stereocenters. The molecule has 2 aromatic rings. The Morgan fingerprint density at radius 1 is 0.927 bits per heavy atom. The van der Waals surface area contributed by atoms with Crippen LogP contribution in [0.25, 0.3) is 0 Å². The number of ketones is 1. The van der Waals surface area contributed by atoms with E-state index >= 15 is 0 Å². The van der Waals surface area contributed by atoms with Crippen LogP contribution in [-0.4, -0.2) is 61.1 Å². The van der Waals surface area contributed by atoms with Crippen LogP contribution in [0, 0.1) is 5.92 Å². The van der Waals surface area contributed by atoms with E-state index in [-0.39, 0.29) is 17.0 Å². The van der Waals surface area contributed by atoms with Gasteiger partial charge in [0.15, 0.2) is 0 Å². The number of hydrogen-bond donors (Lipinski definition) is 3. The standard InChI is InChI=1S/C27H33ClF3N3O6S/c1-14(2)20(22(35)27(29,30)31)33-25(38)21(15-7-9-16(39-6)10-8-15)34-23(36)17(13-40-26(3,4)5)32-24(37)18-11-12-19(28)41-18/h7-12,14,17,20-21H,13H2,1-6H3,(H,32,37)(H,33,38)(H,34,36)/t17-,20-,21-/m0/s1. The molecule has 226 valence electrons. The number of amides is 3. The first-order valence-corrected chi connectivity index (χ1v) is 13.7. The SMILES string of the molecule is COc1ccc([C@H](NC(=O)[C@H](COC(C)(C)C)NC(=O)c2ccc(Cl)s2)C(=O)N[C@H](C(=O)C(F)(F)F)C(C)C)cc1. The number of nitrogens with one attached hydrogen (secondary N) is 3. The van der Waals surface area contributed by atoms with Crippen molar-refractivity contribution in [1.29, 1.82) is 0 Å². The maximum absolute atomic E-state index is 13.5. The van der Waals surface area contributed by atoms with Crippen LogP contribution in [0.1, 0.15) is 55.9 Å². The third-order valence-corrected chi connectivity index (χ3v) is 6.86. The molecule has 0 saturated heterocycles. The van der Waals surface area contributed by atoms with Crippen LogP contribution >= 0.6 is 22.9 Å². The summed E-state index contributed by atoms with van der Waals surface area (Å²) in [6.07, 6.45) is -5.19. The number of carbonyl (C=O) groups excluding carboxylic acids is 4. The Labute approximate surface area is 245 Å². The number of Topliss-reactive ketones (excluding diaryl/α,β-unsaturated/α-hetero) is 1. The fourth-order valence-corrected chi connectivity index (χ4v) is 4.42. The summed E-state index contributed by atoms with van der Waals surface area (Å²) < 4.78 is 50.9. The highest BCUT2D eigenvalue weighted by Crippen LogP contribution is 2.24. The van der Waals surface area contributed by atoms with E-state index in [9.17, 15) is 32.3 Å². The average Bonchev–Trinajstić information content (AvgIpc) is 3.32. The van der Waals surface area contributed by atoms with Gasteiger partial charge in [-0.15, -0.1) is 11.3 Å². The molecule has 0 fully saturated rings. The first-order valence-electron chi connectivity index (χ1n) is 12.5. The number of methoxy groups -OCH3 is 1. The van der Waals surface area contributed by atoms with Gasteiger partial charge in [-0.25, -0.2) is 0 Å². The number of carbonyl (C=O) groups is 4. The number of benzene rings is 1. The van der Waals surface area contributed by atoms with Crippen LogP contribution in [0.15, 0.2) is 36.4 Å². The molecule has 41 heavy (non-hydrogen) atoms. The lowest BCUT2D eigenvalue weighted by atomic mass is 9.97. The highest BCUT2D eigenvalue weighted by atomic mass is 35.5. The molecule has 1 aromatic heterocycles. The maximum Gasteiger partial charge on any atom is 0.452 e. The molecule has 3 N–H and O–H groups in total. The third-order valence-electron chi connectivity index (χ3n) is 5.63. The van der Waals surface area contributed by atoms with Gasteiger partial charge in [0.2, 0.25) is 11.8 Å². The summed E-state index contributed by atoms with van der Waals surface area (Å²) in [4.78, 5) is 51.9. The topological polar surface area (TPSA) is 123 Å². The third kappa shape index (κ3) is 10.3. The lowest BCUT2D eigenvalue weighted by Gasteiger charge is -2.28. The number of rotatable bonds is 12. The minimum atomic E-state index is -5.19. The van der Waals surface area contributed by atoms with Gasteiger partial charge in [-0.3, -0.25) is 19.2 Å². The van der Waals surface area contributed by atoms with E-state index in [4.69, 9.17) is 21.1 Å². The molecule has 0 spiro atoms. The highest BCUT2D eigenvalue weighted by Gasteiger charge is 2.45. The molecule has 9 nitrogen and oxygen atoms in total. The van der Waals surface area contributed by atoms with Crippen LogP contribution in [0.5, 0.6) is 5.75 Å². The summed E-state index contributed by atoms with van der Waals surface area (Å²) in [5.74, 6) is -5.16. The van der Waals surface area contributed by atoms with E-state index in [0.29, 0.717) is 10.1 Å². The zero-order chi connectivity index (χ0) is 31.1. The van der Waals surface area contributed by atoms with E-state index in [1.165, 1.54) is 57.4 Å². The zero-order valence-corrected chi connectivity index (χ0v) is 24.9. The molecule has 0 aliphatic carbocycles. The first-order chi connectivity index (χ1) is 18.9. The lowest BCUT2D eigenvalue weighted by molar-refractivity contribution is -0.175. The van der Waals surface area contributed by atoms with Crippen molar-refractivity contribution < 1.29 is 41.8 Å². The van der Waals surface area contributed by atoms with Gasteiger partial charge in [0.25, 0.3) is 11.7 Å². The molecule has 1 aromatic carbocycles. The Morgan fingerprint density at radius 2 is 1.54 bits per heavy atom. The lowest BCUT2D eigenvalue weighted by Crippen LogP contribution is -2.55. The molecule has 0 aliphatic heterocycles. The second-order valence-corrected chi connectivity index (χ2v) is 12.1. The normalized spacial score (nSPS) is 14.1. The quantitative estimate of drug-likeness (QED) is 0.323. The van der Waals surface area contributed by atoms with E-state index in [0.717, 1.165) is 11.3 Å².